The van der Waals surface area contributed by atoms with E-state index in [4.69, 9.17) is 5.73 Å². The second-order valence-electron chi connectivity index (χ2n) is 7.77. The van der Waals surface area contributed by atoms with Crippen LogP contribution in [-0.4, -0.2) is 66.1 Å². The van der Waals surface area contributed by atoms with Gasteiger partial charge in [0.1, 0.15) is 11.3 Å². The van der Waals surface area contributed by atoms with Gasteiger partial charge in [0.25, 0.3) is 0 Å². The largest absolute Gasteiger partial charge is 0.477 e. The van der Waals surface area contributed by atoms with Crippen LogP contribution in [0.5, 0.6) is 0 Å². The predicted molar refractivity (Wildman–Crippen MR) is 113 cm³/mol. The fraction of sp³-hybridized carbons (Fsp3) is 0.500. The van der Waals surface area contributed by atoms with Crippen LogP contribution in [0.3, 0.4) is 0 Å². The maximum absolute atomic E-state index is 15.8. The fourth-order valence-electron chi connectivity index (χ4n) is 3.89. The summed E-state index contributed by atoms with van der Waals surface area (Å²) < 4.78 is 33.0. The molecule has 0 unspecified atom stereocenters. The maximum Gasteiger partial charge on any atom is 0.341 e. The molecule has 3 N–H and O–H groups in total. The first-order chi connectivity index (χ1) is 14.3. The third kappa shape index (κ3) is 3.57. The second kappa shape index (κ2) is 8.16. The standard InChI is InChI=1S/C20H24F2N4O3S/c1-24-5-7-25(8-6-24)17-14(21)16-13(19(15(17)22)30-9-4-23)18(27)12(20(28)29)10-26(16)11-2-3-11/h10-11H,2-9,23H2,1H3,(H,28,29). The molecule has 30 heavy (non-hydrogen) atoms. The maximum atomic E-state index is 15.8. The minimum Gasteiger partial charge on any atom is -0.477 e. The van der Waals surface area contributed by atoms with Gasteiger partial charge in [0.05, 0.1) is 15.8 Å². The van der Waals surface area contributed by atoms with Crippen molar-refractivity contribution in [2.24, 2.45) is 5.73 Å². The Morgan fingerprint density at radius 2 is 1.90 bits per heavy atom. The molecule has 0 spiro atoms. The van der Waals surface area contributed by atoms with E-state index >= 15 is 8.78 Å². The minimum atomic E-state index is -1.41. The van der Waals surface area contributed by atoms with Crippen LogP contribution >= 0.6 is 11.8 Å². The van der Waals surface area contributed by atoms with Crippen LogP contribution in [0.25, 0.3) is 10.9 Å². The van der Waals surface area contributed by atoms with Crippen molar-refractivity contribution >= 4 is 34.3 Å². The van der Waals surface area contributed by atoms with E-state index in [1.54, 1.807) is 4.90 Å². The molecule has 2 fully saturated rings. The van der Waals surface area contributed by atoms with Crippen molar-refractivity contribution in [2.75, 3.05) is 50.4 Å². The predicted octanol–water partition coefficient (Wildman–Crippen LogP) is 2.12. The number of carboxylic acids is 1. The van der Waals surface area contributed by atoms with E-state index in [0.29, 0.717) is 31.9 Å². The van der Waals surface area contributed by atoms with Crippen molar-refractivity contribution in [3.05, 3.63) is 33.6 Å². The zero-order chi connectivity index (χ0) is 21.6. The van der Waals surface area contributed by atoms with Gasteiger partial charge >= 0.3 is 5.97 Å². The molecule has 0 atom stereocenters. The number of carbonyl (C=O) groups is 1. The van der Waals surface area contributed by atoms with E-state index in [-0.39, 0.29) is 34.1 Å². The number of hydrogen-bond acceptors (Lipinski definition) is 6. The molecule has 0 radical (unpaired) electrons. The molecule has 1 aromatic heterocycles. The summed E-state index contributed by atoms with van der Waals surface area (Å²) in [5.41, 5.74) is 4.09. The van der Waals surface area contributed by atoms with Crippen molar-refractivity contribution in [1.82, 2.24) is 9.47 Å². The van der Waals surface area contributed by atoms with Crippen molar-refractivity contribution in [3.8, 4) is 0 Å². The summed E-state index contributed by atoms with van der Waals surface area (Å²) in [7, 11) is 1.95. The number of anilines is 1. The third-order valence-electron chi connectivity index (χ3n) is 5.64. The number of nitrogens with two attached hydrogens (primary N) is 1. The quantitative estimate of drug-likeness (QED) is 0.668. The average molecular weight is 439 g/mol. The van der Waals surface area contributed by atoms with Gasteiger partial charge in [0.2, 0.25) is 5.43 Å². The number of rotatable bonds is 6. The topological polar surface area (TPSA) is 91.8 Å². The van der Waals surface area contributed by atoms with Gasteiger partial charge in [0.15, 0.2) is 11.6 Å². The lowest BCUT2D eigenvalue weighted by atomic mass is 10.1. The summed E-state index contributed by atoms with van der Waals surface area (Å²) in [6, 6.07) is -0.0983. The number of thioether (sulfide) groups is 1. The Bertz CT molecular complexity index is 1060. The van der Waals surface area contributed by atoms with Crippen LogP contribution in [-0.2, 0) is 0 Å². The normalized spacial score (nSPS) is 17.7. The Labute approximate surface area is 176 Å². The first kappa shape index (κ1) is 21.1. The number of aromatic nitrogens is 1. The lowest BCUT2D eigenvalue weighted by molar-refractivity contribution is 0.0694. The van der Waals surface area contributed by atoms with Gasteiger partial charge in [-0.1, -0.05) is 0 Å². The van der Waals surface area contributed by atoms with Crippen molar-refractivity contribution in [1.29, 1.82) is 0 Å². The SMILES string of the molecule is CN1CCN(c2c(F)c(SCCN)c3c(=O)c(C(=O)O)cn(C4CC4)c3c2F)CC1. The zero-order valence-corrected chi connectivity index (χ0v) is 17.5. The molecule has 0 bridgehead atoms. The third-order valence-corrected chi connectivity index (χ3v) is 6.75. The van der Waals surface area contributed by atoms with Crippen LogP contribution in [0.2, 0.25) is 0 Å². The Hall–Kier alpha value is -2.17. The fourth-order valence-corrected chi connectivity index (χ4v) is 4.77. The molecule has 0 amide bonds. The second-order valence-corrected chi connectivity index (χ2v) is 8.88. The average Bonchev–Trinajstić information content (AvgIpc) is 3.54. The van der Waals surface area contributed by atoms with Gasteiger partial charge in [-0.05, 0) is 19.9 Å². The molecule has 1 aromatic carbocycles. The molecule has 1 aliphatic heterocycles. The number of benzene rings is 1. The van der Waals surface area contributed by atoms with Gasteiger partial charge in [-0.15, -0.1) is 11.8 Å². The van der Waals surface area contributed by atoms with Crippen LogP contribution in [0, 0.1) is 11.6 Å². The van der Waals surface area contributed by atoms with E-state index in [1.807, 2.05) is 7.05 Å². The number of aromatic carboxylic acids is 1. The Morgan fingerprint density at radius 1 is 1.23 bits per heavy atom. The molecule has 7 nitrogen and oxygen atoms in total. The molecule has 2 heterocycles. The molecule has 2 aliphatic rings. The van der Waals surface area contributed by atoms with Crippen LogP contribution in [0.15, 0.2) is 15.9 Å². The summed E-state index contributed by atoms with van der Waals surface area (Å²) >= 11 is 1.03. The summed E-state index contributed by atoms with van der Waals surface area (Å²) in [6.45, 7) is 2.48. The van der Waals surface area contributed by atoms with E-state index in [1.165, 1.54) is 10.8 Å². The minimum absolute atomic E-state index is 0.0117. The highest BCUT2D eigenvalue weighted by Gasteiger charge is 2.34. The summed E-state index contributed by atoms with van der Waals surface area (Å²) in [6.07, 6.45) is 2.71. The molecule has 1 saturated heterocycles. The zero-order valence-electron chi connectivity index (χ0n) is 16.7. The number of likely N-dealkylation sites (N-methyl/N-ethyl adjacent to an activating group) is 1. The van der Waals surface area contributed by atoms with E-state index in [0.717, 1.165) is 24.6 Å². The Balaban J connectivity index is 2.05. The highest BCUT2D eigenvalue weighted by atomic mass is 32.2. The van der Waals surface area contributed by atoms with Crippen molar-refractivity contribution < 1.29 is 18.7 Å². The van der Waals surface area contributed by atoms with Gasteiger partial charge < -0.3 is 25.2 Å². The van der Waals surface area contributed by atoms with Gasteiger partial charge in [-0.25, -0.2) is 13.6 Å². The number of piperazine rings is 1. The van der Waals surface area contributed by atoms with Crippen molar-refractivity contribution in [3.63, 3.8) is 0 Å². The molecule has 2 aromatic rings. The van der Waals surface area contributed by atoms with Crippen LogP contribution < -0.4 is 16.1 Å². The van der Waals surface area contributed by atoms with E-state index in [9.17, 15) is 14.7 Å². The molecule has 10 heteroatoms. The van der Waals surface area contributed by atoms with Crippen molar-refractivity contribution in [2.45, 2.75) is 23.8 Å². The summed E-state index contributed by atoms with van der Waals surface area (Å²) in [5, 5.41) is 9.30. The van der Waals surface area contributed by atoms with Crippen LogP contribution in [0.4, 0.5) is 14.5 Å². The Morgan fingerprint density at radius 3 is 2.47 bits per heavy atom. The summed E-state index contributed by atoms with van der Waals surface area (Å²) in [5.74, 6) is -2.70. The summed E-state index contributed by atoms with van der Waals surface area (Å²) in [4.78, 5) is 28.4. The van der Waals surface area contributed by atoms with E-state index in [2.05, 4.69) is 4.90 Å². The first-order valence-electron chi connectivity index (χ1n) is 9.94. The van der Waals surface area contributed by atoms with Gasteiger partial charge in [0, 0.05) is 50.7 Å². The number of carboxylic acid groups (broad SMARTS) is 1. The molecule has 1 aliphatic carbocycles. The first-order valence-corrected chi connectivity index (χ1v) is 10.9. The lowest BCUT2D eigenvalue weighted by Crippen LogP contribution is -2.45. The molecule has 4 rings (SSSR count). The Kier molecular flexibility index (Phi) is 5.73. The molecule has 162 valence electrons. The van der Waals surface area contributed by atoms with E-state index < -0.39 is 28.6 Å². The van der Waals surface area contributed by atoms with Gasteiger partial charge in [-0.3, -0.25) is 4.79 Å². The monoisotopic (exact) mass is 438 g/mol. The van der Waals surface area contributed by atoms with Gasteiger partial charge in [-0.2, -0.15) is 0 Å². The number of pyridine rings is 1. The molecular weight excluding hydrogens is 414 g/mol. The lowest BCUT2D eigenvalue weighted by Gasteiger charge is -2.35. The smallest absolute Gasteiger partial charge is 0.341 e. The van der Waals surface area contributed by atoms with Crippen LogP contribution in [0.1, 0.15) is 29.2 Å². The number of halogens is 2. The highest BCUT2D eigenvalue weighted by Crippen LogP contribution is 2.43. The number of nitrogens with zero attached hydrogens (tertiary/aromatic N) is 3. The molecule has 1 saturated carbocycles. The highest BCUT2D eigenvalue weighted by molar-refractivity contribution is 7.99. The molecular formula is C20H24F2N4O3S. The number of hydrogen-bond donors (Lipinski definition) is 2. The number of fused-ring (bicyclic) bond motifs is 1.